The highest BCUT2D eigenvalue weighted by atomic mass is 16.4. The first-order valence-corrected chi connectivity index (χ1v) is 8.56. The lowest BCUT2D eigenvalue weighted by atomic mass is 9.79. The van der Waals surface area contributed by atoms with Gasteiger partial charge in [-0.25, -0.2) is 0 Å². The minimum atomic E-state index is -0.726. The lowest BCUT2D eigenvalue weighted by molar-refractivity contribution is -0.140. The summed E-state index contributed by atoms with van der Waals surface area (Å²) in [5, 5.41) is 21.3. The topological polar surface area (TPSA) is 69.6 Å². The molecule has 1 radical (unpaired) electrons. The van der Waals surface area contributed by atoms with E-state index in [0.717, 1.165) is 31.7 Å². The van der Waals surface area contributed by atoms with E-state index in [9.17, 15) is 9.90 Å². The van der Waals surface area contributed by atoms with E-state index in [2.05, 4.69) is 19.2 Å². The number of carbonyl (C=O) groups is 1. The average Bonchev–Trinajstić information content (AvgIpc) is 2.87. The molecule has 1 aliphatic rings. The SMILES string of the molecule is CCCC(CC)CC[C@H]1CN[C@H](C(=O)O)[C@@H]1CCC[B]O. The fraction of sp³-hybridized carbons (Fsp3) is 0.938. The summed E-state index contributed by atoms with van der Waals surface area (Å²) in [4.78, 5) is 11.4. The smallest absolute Gasteiger partial charge is 0.320 e. The van der Waals surface area contributed by atoms with Crippen LogP contribution < -0.4 is 5.32 Å². The molecule has 1 unspecified atom stereocenters. The molecule has 0 aliphatic carbocycles. The molecule has 0 amide bonds. The molecule has 0 aromatic carbocycles. The number of carboxylic acid groups (broad SMARTS) is 1. The number of aliphatic carboxylic acids is 1. The first-order valence-electron chi connectivity index (χ1n) is 8.56. The molecule has 1 fully saturated rings. The maximum atomic E-state index is 11.4. The van der Waals surface area contributed by atoms with Gasteiger partial charge in [-0.2, -0.15) is 0 Å². The fourth-order valence-corrected chi connectivity index (χ4v) is 3.70. The highest BCUT2D eigenvalue weighted by Gasteiger charge is 2.39. The molecule has 0 saturated carbocycles. The zero-order valence-electron chi connectivity index (χ0n) is 13.6. The summed E-state index contributed by atoms with van der Waals surface area (Å²) in [6.45, 7) is 5.31. The van der Waals surface area contributed by atoms with Crippen LogP contribution in [0.25, 0.3) is 0 Å². The maximum Gasteiger partial charge on any atom is 0.320 e. The molecule has 0 aromatic heterocycles. The minimum Gasteiger partial charge on any atom is -0.480 e. The van der Waals surface area contributed by atoms with Crippen LogP contribution in [0.1, 0.15) is 58.8 Å². The van der Waals surface area contributed by atoms with Gasteiger partial charge in [0.1, 0.15) is 6.04 Å². The predicted molar refractivity (Wildman–Crippen MR) is 86.3 cm³/mol. The molecule has 121 valence electrons. The molecular weight excluding hydrogens is 265 g/mol. The van der Waals surface area contributed by atoms with Gasteiger partial charge < -0.3 is 15.4 Å². The molecule has 0 bridgehead atoms. The normalized spacial score (nSPS) is 26.7. The Labute approximate surface area is 130 Å². The Kier molecular flexibility index (Phi) is 9.01. The van der Waals surface area contributed by atoms with Crippen LogP contribution in [0.2, 0.25) is 6.32 Å². The van der Waals surface area contributed by atoms with E-state index >= 15 is 0 Å². The van der Waals surface area contributed by atoms with Crippen LogP contribution in [0.5, 0.6) is 0 Å². The first-order chi connectivity index (χ1) is 10.1. The van der Waals surface area contributed by atoms with Gasteiger partial charge >= 0.3 is 5.97 Å². The summed E-state index contributed by atoms with van der Waals surface area (Å²) in [5.74, 6) is 0.735. The molecule has 0 spiro atoms. The highest BCUT2D eigenvalue weighted by Crippen LogP contribution is 2.33. The molecule has 21 heavy (non-hydrogen) atoms. The Morgan fingerprint density at radius 1 is 1.33 bits per heavy atom. The Balaban J connectivity index is 2.51. The summed E-state index contributed by atoms with van der Waals surface area (Å²) in [6.07, 6.45) is 8.49. The van der Waals surface area contributed by atoms with E-state index in [4.69, 9.17) is 5.02 Å². The van der Waals surface area contributed by atoms with Crippen molar-refractivity contribution in [3.05, 3.63) is 0 Å². The Morgan fingerprint density at radius 3 is 2.67 bits per heavy atom. The molecular formula is C16H31BNO3. The first kappa shape index (κ1) is 18.5. The molecule has 1 saturated heterocycles. The largest absolute Gasteiger partial charge is 0.480 e. The van der Waals surface area contributed by atoms with Crippen LogP contribution in [-0.2, 0) is 4.79 Å². The van der Waals surface area contributed by atoms with Crippen LogP contribution in [0.3, 0.4) is 0 Å². The second-order valence-electron chi connectivity index (χ2n) is 6.40. The minimum absolute atomic E-state index is 0.210. The molecule has 4 atom stereocenters. The number of hydrogen-bond acceptors (Lipinski definition) is 3. The lowest BCUT2D eigenvalue weighted by Gasteiger charge is -2.23. The van der Waals surface area contributed by atoms with E-state index in [1.807, 2.05) is 0 Å². The fourth-order valence-electron chi connectivity index (χ4n) is 3.70. The van der Waals surface area contributed by atoms with Crippen LogP contribution >= 0.6 is 0 Å². The number of rotatable bonds is 11. The van der Waals surface area contributed by atoms with Crippen molar-refractivity contribution in [2.45, 2.75) is 71.2 Å². The van der Waals surface area contributed by atoms with Gasteiger partial charge in [0.25, 0.3) is 7.48 Å². The second-order valence-corrected chi connectivity index (χ2v) is 6.40. The summed E-state index contributed by atoms with van der Waals surface area (Å²) >= 11 is 0. The van der Waals surface area contributed by atoms with Crippen LogP contribution in [-0.4, -0.2) is 36.2 Å². The maximum absolute atomic E-state index is 11.4. The van der Waals surface area contributed by atoms with Gasteiger partial charge in [0.2, 0.25) is 0 Å². The number of carboxylic acids is 1. The van der Waals surface area contributed by atoms with Crippen molar-refractivity contribution in [3.8, 4) is 0 Å². The van der Waals surface area contributed by atoms with E-state index < -0.39 is 12.0 Å². The van der Waals surface area contributed by atoms with Crippen molar-refractivity contribution in [1.29, 1.82) is 0 Å². The quantitative estimate of drug-likeness (QED) is 0.405. The number of hydrogen-bond donors (Lipinski definition) is 3. The van der Waals surface area contributed by atoms with Crippen molar-refractivity contribution in [2.24, 2.45) is 17.8 Å². The van der Waals surface area contributed by atoms with Crippen LogP contribution in [0, 0.1) is 17.8 Å². The van der Waals surface area contributed by atoms with E-state index in [0.29, 0.717) is 12.2 Å². The Bertz CT molecular complexity index is 301. The second kappa shape index (κ2) is 10.2. The van der Waals surface area contributed by atoms with Gasteiger partial charge in [0.15, 0.2) is 0 Å². The van der Waals surface area contributed by atoms with Crippen LogP contribution in [0.15, 0.2) is 0 Å². The van der Waals surface area contributed by atoms with Crippen molar-refractivity contribution in [3.63, 3.8) is 0 Å². The number of nitrogens with one attached hydrogen (secondary N) is 1. The van der Waals surface area contributed by atoms with E-state index in [1.54, 1.807) is 0 Å². The van der Waals surface area contributed by atoms with Crippen LogP contribution in [0.4, 0.5) is 0 Å². The predicted octanol–water partition coefficient (Wildman–Crippen LogP) is 2.69. The summed E-state index contributed by atoms with van der Waals surface area (Å²) in [7, 11) is 1.18. The molecule has 0 aromatic rings. The lowest BCUT2D eigenvalue weighted by Crippen LogP contribution is -2.35. The van der Waals surface area contributed by atoms with Crippen molar-refractivity contribution >= 4 is 13.5 Å². The van der Waals surface area contributed by atoms with E-state index in [1.165, 1.54) is 33.2 Å². The summed E-state index contributed by atoms with van der Waals surface area (Å²) < 4.78 is 0. The zero-order chi connectivity index (χ0) is 15.7. The third-order valence-corrected chi connectivity index (χ3v) is 4.99. The van der Waals surface area contributed by atoms with Gasteiger partial charge in [0, 0.05) is 0 Å². The Hall–Kier alpha value is -0.545. The zero-order valence-corrected chi connectivity index (χ0v) is 13.6. The molecule has 4 nitrogen and oxygen atoms in total. The summed E-state index contributed by atoms with van der Waals surface area (Å²) in [5.41, 5.74) is 0. The van der Waals surface area contributed by atoms with Gasteiger partial charge in [-0.3, -0.25) is 4.79 Å². The molecule has 3 N–H and O–H groups in total. The third kappa shape index (κ3) is 5.99. The van der Waals surface area contributed by atoms with Gasteiger partial charge in [-0.15, -0.1) is 0 Å². The summed E-state index contributed by atoms with van der Waals surface area (Å²) in [6, 6.07) is -0.403. The standard InChI is InChI=1S/C16H31BNO3/c1-3-6-12(4-2)8-9-13-11-18-15(16(19)20)14(13)7-5-10-17-21/h12-15,18,21H,3-11H2,1-2H3,(H,19,20)/t12?,13-,14+,15-/m0/s1. The Morgan fingerprint density at radius 2 is 2.10 bits per heavy atom. The highest BCUT2D eigenvalue weighted by molar-refractivity contribution is 6.25. The molecule has 5 heteroatoms. The molecule has 1 rings (SSSR count). The van der Waals surface area contributed by atoms with Gasteiger partial charge in [-0.05, 0) is 37.1 Å². The molecule has 1 heterocycles. The molecule has 1 aliphatic heterocycles. The van der Waals surface area contributed by atoms with Crippen molar-refractivity contribution in [2.75, 3.05) is 6.54 Å². The van der Waals surface area contributed by atoms with Crippen molar-refractivity contribution < 1.29 is 14.9 Å². The van der Waals surface area contributed by atoms with Gasteiger partial charge in [0.05, 0.1) is 0 Å². The average molecular weight is 296 g/mol. The van der Waals surface area contributed by atoms with Crippen molar-refractivity contribution in [1.82, 2.24) is 5.32 Å². The van der Waals surface area contributed by atoms with E-state index in [-0.39, 0.29) is 5.92 Å². The monoisotopic (exact) mass is 296 g/mol. The van der Waals surface area contributed by atoms with Gasteiger partial charge in [-0.1, -0.05) is 52.3 Å². The third-order valence-electron chi connectivity index (χ3n) is 4.99.